The van der Waals surface area contributed by atoms with Gasteiger partial charge in [-0.2, -0.15) is 0 Å². The lowest BCUT2D eigenvalue weighted by Gasteiger charge is -2.20. The second-order valence-electron chi connectivity index (χ2n) is 4.88. The fourth-order valence-corrected chi connectivity index (χ4v) is 1.82. The maximum absolute atomic E-state index is 11.9. The first-order valence-corrected chi connectivity index (χ1v) is 8.18. The van der Waals surface area contributed by atoms with Crippen LogP contribution in [0.5, 0.6) is 0 Å². The number of aromatic nitrogens is 2. The van der Waals surface area contributed by atoms with Crippen molar-refractivity contribution < 1.29 is 23.9 Å². The summed E-state index contributed by atoms with van der Waals surface area (Å²) in [7, 11) is -4.42. The predicted octanol–water partition coefficient (Wildman–Crippen LogP) is -1.58. The van der Waals surface area contributed by atoms with Gasteiger partial charge in [0.2, 0.25) is 11.8 Å². The molecule has 0 unspecified atom stereocenters. The van der Waals surface area contributed by atoms with Gasteiger partial charge in [0, 0.05) is 12.6 Å². The molecule has 10 nitrogen and oxygen atoms in total. The Morgan fingerprint density at radius 1 is 1.36 bits per heavy atom. The number of hydrogen-bond donors (Lipinski definition) is 6. The zero-order chi connectivity index (χ0) is 16.9. The van der Waals surface area contributed by atoms with E-state index in [0.29, 0.717) is 5.69 Å². The molecule has 1 heterocycles. The molecule has 1 aromatic heterocycles. The van der Waals surface area contributed by atoms with E-state index in [1.54, 1.807) is 6.20 Å². The van der Waals surface area contributed by atoms with Gasteiger partial charge in [-0.3, -0.25) is 14.2 Å². The van der Waals surface area contributed by atoms with Gasteiger partial charge in [0.1, 0.15) is 11.8 Å². The molecular weight excluding hydrogens is 313 g/mol. The second-order valence-corrected chi connectivity index (χ2v) is 6.83. The number of hydrogen-bond acceptors (Lipinski definition) is 5. The molecule has 11 heteroatoms. The monoisotopic (exact) mass is 333 g/mol. The first-order valence-electron chi connectivity index (χ1n) is 6.50. The minimum absolute atomic E-state index is 0.197. The van der Waals surface area contributed by atoms with Crippen LogP contribution in [0.25, 0.3) is 0 Å². The van der Waals surface area contributed by atoms with Crippen LogP contribution in [0.3, 0.4) is 0 Å². The van der Waals surface area contributed by atoms with E-state index < -0.39 is 37.3 Å². The number of nitrogens with zero attached hydrogens (tertiary/aromatic N) is 1. The van der Waals surface area contributed by atoms with Crippen molar-refractivity contribution >= 4 is 19.4 Å². The van der Waals surface area contributed by atoms with Gasteiger partial charge in [0.15, 0.2) is 0 Å². The SMILES string of the molecule is C[C@H](NC(=O)[C@@H](N)Cc1c[nH]cn1)C(=O)N[C@@H](C)P(=O)(O)O. The Hall–Kier alpha value is -1.74. The Balaban J connectivity index is 2.49. The third kappa shape index (κ3) is 5.57. The van der Waals surface area contributed by atoms with Crippen molar-refractivity contribution in [2.45, 2.75) is 38.1 Å². The van der Waals surface area contributed by atoms with E-state index in [1.807, 2.05) is 0 Å². The molecule has 0 spiro atoms. The molecule has 1 aromatic rings. The van der Waals surface area contributed by atoms with E-state index in [4.69, 9.17) is 15.5 Å². The van der Waals surface area contributed by atoms with E-state index in [1.165, 1.54) is 20.2 Å². The zero-order valence-electron chi connectivity index (χ0n) is 12.2. The maximum atomic E-state index is 11.9. The Morgan fingerprint density at radius 3 is 2.50 bits per heavy atom. The highest BCUT2D eigenvalue weighted by Gasteiger charge is 2.28. The molecule has 0 aliphatic carbocycles. The first-order chi connectivity index (χ1) is 10.1. The lowest BCUT2D eigenvalue weighted by Crippen LogP contribution is -2.52. The smallest absolute Gasteiger partial charge is 0.347 e. The predicted molar refractivity (Wildman–Crippen MR) is 77.5 cm³/mol. The third-order valence-corrected chi connectivity index (χ3v) is 4.07. The van der Waals surface area contributed by atoms with Crippen LogP contribution < -0.4 is 16.4 Å². The van der Waals surface area contributed by atoms with Crippen molar-refractivity contribution in [2.75, 3.05) is 0 Å². The van der Waals surface area contributed by atoms with Crippen LogP contribution in [0.2, 0.25) is 0 Å². The number of aromatic amines is 1. The number of nitrogens with one attached hydrogen (secondary N) is 3. The van der Waals surface area contributed by atoms with Gasteiger partial charge in [-0.05, 0) is 13.8 Å². The average molecular weight is 333 g/mol. The van der Waals surface area contributed by atoms with Crippen molar-refractivity contribution in [3.63, 3.8) is 0 Å². The molecule has 1 rings (SSSR count). The van der Waals surface area contributed by atoms with Gasteiger partial charge in [0.05, 0.1) is 18.1 Å². The standard InChI is InChI=1S/C11H20N5O5P/c1-6(10(17)16-7(2)22(19,20)21)15-11(18)9(12)3-8-4-13-5-14-8/h4-7,9H,3,12H2,1-2H3,(H,13,14)(H,15,18)(H,16,17)(H2,19,20,21)/t6-,7+,9-/m0/s1. The second kappa shape index (κ2) is 7.50. The van der Waals surface area contributed by atoms with Crippen LogP contribution in [0.4, 0.5) is 0 Å². The molecule has 124 valence electrons. The van der Waals surface area contributed by atoms with E-state index in [9.17, 15) is 14.2 Å². The largest absolute Gasteiger partial charge is 0.351 e. The van der Waals surface area contributed by atoms with Crippen LogP contribution in [-0.2, 0) is 20.6 Å². The molecule has 0 bridgehead atoms. The summed E-state index contributed by atoms with van der Waals surface area (Å²) in [5, 5.41) is 4.52. The number of rotatable bonds is 7. The lowest BCUT2D eigenvalue weighted by molar-refractivity contribution is -0.129. The number of H-pyrrole nitrogens is 1. The molecule has 0 saturated carbocycles. The lowest BCUT2D eigenvalue weighted by atomic mass is 10.1. The molecule has 2 amide bonds. The molecular formula is C11H20N5O5P. The van der Waals surface area contributed by atoms with E-state index in [-0.39, 0.29) is 6.42 Å². The Labute approximate surface area is 127 Å². The number of nitrogens with two attached hydrogens (primary N) is 1. The summed E-state index contributed by atoms with van der Waals surface area (Å²) >= 11 is 0. The quantitative estimate of drug-likeness (QED) is 0.327. The van der Waals surface area contributed by atoms with E-state index in [2.05, 4.69) is 20.6 Å². The van der Waals surface area contributed by atoms with Gasteiger partial charge in [-0.25, -0.2) is 4.98 Å². The van der Waals surface area contributed by atoms with Gasteiger partial charge >= 0.3 is 7.60 Å². The van der Waals surface area contributed by atoms with Crippen molar-refractivity contribution in [1.29, 1.82) is 0 Å². The molecule has 0 aliphatic heterocycles. The number of imidazole rings is 1. The minimum Gasteiger partial charge on any atom is -0.351 e. The summed E-state index contributed by atoms with van der Waals surface area (Å²) in [5.74, 6) is -2.61. The summed E-state index contributed by atoms with van der Waals surface area (Å²) < 4.78 is 11.0. The van der Waals surface area contributed by atoms with Gasteiger partial charge in [-0.15, -0.1) is 0 Å². The van der Waals surface area contributed by atoms with Crippen LogP contribution in [0.1, 0.15) is 19.5 Å². The third-order valence-electron chi connectivity index (χ3n) is 2.93. The fraction of sp³-hybridized carbons (Fsp3) is 0.545. The van der Waals surface area contributed by atoms with Crippen molar-refractivity contribution in [3.05, 3.63) is 18.2 Å². The molecule has 0 aliphatic rings. The highest BCUT2D eigenvalue weighted by molar-refractivity contribution is 7.52. The summed E-state index contributed by atoms with van der Waals surface area (Å²) in [6.07, 6.45) is 3.26. The average Bonchev–Trinajstić information content (AvgIpc) is 2.89. The Kier molecular flexibility index (Phi) is 6.24. The number of carbonyl (C=O) groups excluding carboxylic acids is 2. The van der Waals surface area contributed by atoms with Gasteiger partial charge < -0.3 is 31.1 Å². The molecule has 22 heavy (non-hydrogen) atoms. The van der Waals surface area contributed by atoms with E-state index in [0.717, 1.165) is 0 Å². The first kappa shape index (κ1) is 18.3. The van der Waals surface area contributed by atoms with E-state index >= 15 is 0 Å². The Bertz CT molecular complexity index is 557. The van der Waals surface area contributed by atoms with Crippen LogP contribution >= 0.6 is 7.60 Å². The van der Waals surface area contributed by atoms with Crippen molar-refractivity contribution in [1.82, 2.24) is 20.6 Å². The molecule has 0 radical (unpaired) electrons. The number of carbonyl (C=O) groups is 2. The molecule has 7 N–H and O–H groups in total. The van der Waals surface area contributed by atoms with Crippen molar-refractivity contribution in [3.8, 4) is 0 Å². The summed E-state index contributed by atoms with van der Waals surface area (Å²) in [5.41, 5.74) is 6.31. The minimum atomic E-state index is -4.42. The molecule has 3 atom stereocenters. The highest BCUT2D eigenvalue weighted by atomic mass is 31.2. The highest BCUT2D eigenvalue weighted by Crippen LogP contribution is 2.38. The number of amides is 2. The topological polar surface area (TPSA) is 170 Å². The fourth-order valence-electron chi connectivity index (χ4n) is 1.52. The van der Waals surface area contributed by atoms with Crippen LogP contribution in [0.15, 0.2) is 12.5 Å². The zero-order valence-corrected chi connectivity index (χ0v) is 13.1. The van der Waals surface area contributed by atoms with Gasteiger partial charge in [0.25, 0.3) is 0 Å². The maximum Gasteiger partial charge on any atom is 0.347 e. The normalized spacial score (nSPS) is 15.7. The van der Waals surface area contributed by atoms with Crippen LogP contribution in [0, 0.1) is 0 Å². The summed E-state index contributed by atoms with van der Waals surface area (Å²) in [6, 6.07) is -1.87. The summed E-state index contributed by atoms with van der Waals surface area (Å²) in [4.78, 5) is 48.1. The Morgan fingerprint density at radius 2 is 2.00 bits per heavy atom. The molecule has 0 aromatic carbocycles. The van der Waals surface area contributed by atoms with Crippen molar-refractivity contribution in [2.24, 2.45) is 5.73 Å². The molecule has 0 fully saturated rings. The molecule has 0 saturated heterocycles. The van der Waals surface area contributed by atoms with Gasteiger partial charge in [-0.1, -0.05) is 0 Å². The summed E-state index contributed by atoms with van der Waals surface area (Å²) in [6.45, 7) is 2.57. The van der Waals surface area contributed by atoms with Crippen LogP contribution in [-0.4, -0.2) is 49.4 Å².